The van der Waals surface area contributed by atoms with E-state index >= 15 is 0 Å². The Labute approximate surface area is 91.5 Å². The molecule has 1 rings (SSSR count). The van der Waals surface area contributed by atoms with E-state index < -0.39 is 0 Å². The van der Waals surface area contributed by atoms with Crippen LogP contribution in [-0.4, -0.2) is 42.4 Å². The molecular weight excluding hydrogens is 191 g/mol. The van der Waals surface area contributed by atoms with Crippen molar-refractivity contribution >= 4 is 13.0 Å². The van der Waals surface area contributed by atoms with Crippen molar-refractivity contribution in [2.75, 3.05) is 19.6 Å². The second-order valence-corrected chi connectivity index (χ2v) is 4.06. The summed E-state index contributed by atoms with van der Waals surface area (Å²) in [6.07, 6.45) is 3.36. The van der Waals surface area contributed by atoms with Crippen molar-refractivity contribution in [3.8, 4) is 0 Å². The molecular formula is C10H19BN2O2. The highest BCUT2D eigenvalue weighted by Gasteiger charge is 2.23. The first-order valence-electron chi connectivity index (χ1n) is 5.46. The van der Waals surface area contributed by atoms with Crippen LogP contribution in [0.2, 0.25) is 6.82 Å². The molecule has 0 radical (unpaired) electrons. The molecule has 0 bridgehead atoms. The summed E-state index contributed by atoms with van der Waals surface area (Å²) in [6, 6.07) is 0. The molecule has 2 N–H and O–H groups in total. The summed E-state index contributed by atoms with van der Waals surface area (Å²) in [5, 5.41) is 12.2. The lowest BCUT2D eigenvalue weighted by atomic mass is 9.81. The highest BCUT2D eigenvalue weighted by atomic mass is 16.2. The summed E-state index contributed by atoms with van der Waals surface area (Å²) < 4.78 is 0. The van der Waals surface area contributed by atoms with E-state index in [2.05, 4.69) is 11.9 Å². The first-order valence-corrected chi connectivity index (χ1v) is 5.46. The fourth-order valence-electron chi connectivity index (χ4n) is 1.85. The van der Waals surface area contributed by atoms with Crippen molar-refractivity contribution in [2.24, 2.45) is 5.92 Å². The Hall–Kier alpha value is -0.805. The molecule has 1 amide bonds. The Morgan fingerprint density at radius 3 is 2.73 bits per heavy atom. The average molecular weight is 210 g/mol. The molecule has 1 saturated heterocycles. The van der Waals surface area contributed by atoms with E-state index in [4.69, 9.17) is 0 Å². The van der Waals surface area contributed by atoms with Crippen LogP contribution in [0, 0.1) is 5.92 Å². The van der Waals surface area contributed by atoms with Crippen molar-refractivity contribution in [1.82, 2.24) is 10.1 Å². The van der Waals surface area contributed by atoms with Crippen molar-refractivity contribution < 1.29 is 9.82 Å². The third-order valence-electron chi connectivity index (χ3n) is 2.93. The number of amides is 1. The minimum absolute atomic E-state index is 0.104. The van der Waals surface area contributed by atoms with Gasteiger partial charge in [0, 0.05) is 6.54 Å². The molecule has 4 nitrogen and oxygen atoms in total. The minimum atomic E-state index is -0.353. The van der Waals surface area contributed by atoms with Gasteiger partial charge in [0.05, 0.1) is 0 Å². The maximum atomic E-state index is 10.9. The van der Waals surface area contributed by atoms with E-state index in [9.17, 15) is 9.82 Å². The topological polar surface area (TPSA) is 52.6 Å². The molecule has 0 spiro atoms. The van der Waals surface area contributed by atoms with Crippen molar-refractivity contribution in [3.05, 3.63) is 12.7 Å². The van der Waals surface area contributed by atoms with Gasteiger partial charge in [-0.05, 0) is 44.7 Å². The number of carbonyl (C=O) groups excluding carboxylic acids is 1. The molecule has 0 aromatic heterocycles. The van der Waals surface area contributed by atoms with Crippen LogP contribution >= 0.6 is 0 Å². The Balaban J connectivity index is 2.20. The van der Waals surface area contributed by atoms with Gasteiger partial charge in [0.2, 0.25) is 5.91 Å². The van der Waals surface area contributed by atoms with Crippen molar-refractivity contribution in [2.45, 2.75) is 19.7 Å². The number of hydrogen-bond acceptors (Lipinski definition) is 3. The highest BCUT2D eigenvalue weighted by Crippen LogP contribution is 2.16. The highest BCUT2D eigenvalue weighted by molar-refractivity contribution is 6.45. The van der Waals surface area contributed by atoms with Crippen LogP contribution in [-0.2, 0) is 4.79 Å². The average Bonchev–Trinajstić information content (AvgIpc) is 2.26. The van der Waals surface area contributed by atoms with Gasteiger partial charge in [-0.2, -0.15) is 0 Å². The zero-order valence-corrected chi connectivity index (χ0v) is 9.28. The Bertz CT molecular complexity index is 225. The molecule has 1 aliphatic heterocycles. The first kappa shape index (κ1) is 12.3. The molecule has 0 aromatic carbocycles. The predicted octanol–water partition coefficient (Wildman–Crippen LogP) is 0.111. The van der Waals surface area contributed by atoms with Crippen LogP contribution in [0.4, 0.5) is 0 Å². The van der Waals surface area contributed by atoms with E-state index in [1.807, 2.05) is 4.81 Å². The molecule has 15 heavy (non-hydrogen) atoms. The van der Waals surface area contributed by atoms with Crippen LogP contribution in [0.3, 0.4) is 0 Å². The number of nitrogens with one attached hydrogen (secondary N) is 1. The number of hydrogen-bond donors (Lipinski definition) is 2. The Morgan fingerprint density at radius 2 is 2.27 bits per heavy atom. The molecule has 0 aliphatic carbocycles. The lowest BCUT2D eigenvalue weighted by Crippen LogP contribution is -2.44. The molecule has 5 heteroatoms. The number of piperidine rings is 1. The summed E-state index contributed by atoms with van der Waals surface area (Å²) >= 11 is 0. The molecule has 0 unspecified atom stereocenters. The molecule has 1 fully saturated rings. The van der Waals surface area contributed by atoms with Crippen LogP contribution in [0.15, 0.2) is 12.7 Å². The van der Waals surface area contributed by atoms with E-state index in [-0.39, 0.29) is 13.0 Å². The fourth-order valence-corrected chi connectivity index (χ4v) is 1.85. The molecule has 0 saturated carbocycles. The monoisotopic (exact) mass is 210 g/mol. The summed E-state index contributed by atoms with van der Waals surface area (Å²) in [4.78, 5) is 13.0. The van der Waals surface area contributed by atoms with Gasteiger partial charge in [0.25, 0.3) is 0 Å². The van der Waals surface area contributed by atoms with Gasteiger partial charge in [0.1, 0.15) is 0 Å². The lowest BCUT2D eigenvalue weighted by Gasteiger charge is -2.32. The molecule has 1 heterocycles. The number of carbonyl (C=O) groups is 1. The third-order valence-corrected chi connectivity index (χ3v) is 2.93. The maximum absolute atomic E-state index is 10.9. The summed E-state index contributed by atoms with van der Waals surface area (Å²) in [5.41, 5.74) is 0. The second-order valence-electron chi connectivity index (χ2n) is 4.06. The van der Waals surface area contributed by atoms with Gasteiger partial charge < -0.3 is 15.2 Å². The molecule has 1 aliphatic rings. The van der Waals surface area contributed by atoms with Crippen LogP contribution in [0.5, 0.6) is 0 Å². The minimum Gasteiger partial charge on any atom is -0.437 e. The normalized spacial score (nSPS) is 18.5. The molecule has 0 aromatic rings. The zero-order valence-electron chi connectivity index (χ0n) is 9.28. The van der Waals surface area contributed by atoms with E-state index in [1.165, 1.54) is 6.08 Å². The third kappa shape index (κ3) is 4.05. The van der Waals surface area contributed by atoms with E-state index in [0.717, 1.165) is 32.5 Å². The molecule has 0 atom stereocenters. The van der Waals surface area contributed by atoms with E-state index in [1.54, 1.807) is 6.82 Å². The Morgan fingerprint density at radius 1 is 1.67 bits per heavy atom. The fraction of sp³-hybridized carbons (Fsp3) is 0.700. The SMILES string of the molecule is C=CC(=O)NCC1CCN(B(C)O)CC1. The second kappa shape index (κ2) is 5.93. The summed E-state index contributed by atoms with van der Waals surface area (Å²) in [7, 11) is -0.353. The first-order chi connectivity index (χ1) is 7.13. The van der Waals surface area contributed by atoms with Gasteiger partial charge in [-0.25, -0.2) is 0 Å². The largest absolute Gasteiger partial charge is 0.437 e. The number of rotatable bonds is 4. The zero-order chi connectivity index (χ0) is 11.3. The van der Waals surface area contributed by atoms with Crippen LogP contribution in [0.1, 0.15) is 12.8 Å². The van der Waals surface area contributed by atoms with Gasteiger partial charge >= 0.3 is 7.05 Å². The van der Waals surface area contributed by atoms with Crippen LogP contribution in [0.25, 0.3) is 0 Å². The lowest BCUT2D eigenvalue weighted by molar-refractivity contribution is -0.116. The quantitative estimate of drug-likeness (QED) is 0.511. The summed E-state index contributed by atoms with van der Waals surface area (Å²) in [6.45, 7) is 7.74. The summed E-state index contributed by atoms with van der Waals surface area (Å²) in [5.74, 6) is 0.428. The Kier molecular flexibility index (Phi) is 4.85. The van der Waals surface area contributed by atoms with Crippen LogP contribution < -0.4 is 5.32 Å². The smallest absolute Gasteiger partial charge is 0.376 e. The standard InChI is InChI=1S/C10H19BN2O2/c1-3-10(14)12-8-9-4-6-13(7-5-9)11(2)15/h3,9,15H,1,4-8H2,2H3,(H,12,14). The van der Waals surface area contributed by atoms with Gasteiger partial charge in [0.15, 0.2) is 0 Å². The van der Waals surface area contributed by atoms with Gasteiger partial charge in [-0.1, -0.05) is 6.58 Å². The predicted molar refractivity (Wildman–Crippen MR) is 61.3 cm³/mol. The number of nitrogens with zero attached hydrogens (tertiary/aromatic N) is 1. The van der Waals surface area contributed by atoms with Gasteiger partial charge in [-0.3, -0.25) is 4.79 Å². The van der Waals surface area contributed by atoms with Crippen molar-refractivity contribution in [3.63, 3.8) is 0 Å². The van der Waals surface area contributed by atoms with Crippen molar-refractivity contribution in [1.29, 1.82) is 0 Å². The van der Waals surface area contributed by atoms with Gasteiger partial charge in [-0.15, -0.1) is 0 Å². The van der Waals surface area contributed by atoms with E-state index in [0.29, 0.717) is 5.92 Å². The maximum Gasteiger partial charge on any atom is 0.376 e. The molecule has 84 valence electrons.